The maximum absolute atomic E-state index is 5.87. The Hall–Kier alpha value is -0.870. The molecule has 0 atom stereocenters. The Morgan fingerprint density at radius 2 is 2.05 bits per heavy atom. The molecule has 0 bridgehead atoms. The highest BCUT2D eigenvalue weighted by Gasteiger charge is 2.35. The van der Waals surface area contributed by atoms with Crippen LogP contribution < -0.4 is 5.32 Å². The third-order valence-electron chi connectivity index (χ3n) is 4.10. The average Bonchev–Trinajstić information content (AvgIpc) is 2.77. The first-order chi connectivity index (χ1) is 9.30. The summed E-state index contributed by atoms with van der Waals surface area (Å²) in [5.41, 5.74) is 0.976. The van der Waals surface area contributed by atoms with Gasteiger partial charge in [-0.05, 0) is 25.8 Å². The standard InChI is InChI=1S/C15H27N3O/c1-3-10-16-11-13-12-17-14(18-13)15(19-2)8-6-4-5-7-9-15/h12,16H,3-11H2,1-2H3,(H,17,18). The molecule has 2 N–H and O–H groups in total. The van der Waals surface area contributed by atoms with E-state index in [1.165, 1.54) is 25.7 Å². The molecule has 0 amide bonds. The maximum Gasteiger partial charge on any atom is 0.138 e. The number of hydrogen-bond donors (Lipinski definition) is 2. The number of rotatable bonds is 6. The lowest BCUT2D eigenvalue weighted by molar-refractivity contribution is -0.0345. The largest absolute Gasteiger partial charge is 0.370 e. The van der Waals surface area contributed by atoms with E-state index in [1.807, 2.05) is 13.3 Å². The van der Waals surface area contributed by atoms with Gasteiger partial charge in [0.05, 0.1) is 0 Å². The Morgan fingerprint density at radius 1 is 1.32 bits per heavy atom. The first-order valence-corrected chi connectivity index (χ1v) is 7.61. The molecule has 0 spiro atoms. The molecular weight excluding hydrogens is 238 g/mol. The van der Waals surface area contributed by atoms with Crippen molar-refractivity contribution in [2.75, 3.05) is 13.7 Å². The van der Waals surface area contributed by atoms with Crippen LogP contribution in [0.1, 0.15) is 63.4 Å². The molecule has 4 heteroatoms. The fourth-order valence-electron chi connectivity index (χ4n) is 2.92. The summed E-state index contributed by atoms with van der Waals surface area (Å²) >= 11 is 0. The van der Waals surface area contributed by atoms with Crippen molar-refractivity contribution in [1.29, 1.82) is 0 Å². The van der Waals surface area contributed by atoms with Gasteiger partial charge in [0.2, 0.25) is 0 Å². The second-order valence-corrected chi connectivity index (χ2v) is 5.55. The molecule has 1 aromatic rings. The summed E-state index contributed by atoms with van der Waals surface area (Å²) in [6.07, 6.45) is 10.4. The zero-order valence-corrected chi connectivity index (χ0v) is 12.3. The van der Waals surface area contributed by atoms with Gasteiger partial charge >= 0.3 is 0 Å². The van der Waals surface area contributed by atoms with Crippen LogP contribution in [0.5, 0.6) is 0 Å². The van der Waals surface area contributed by atoms with Gasteiger partial charge in [-0.3, -0.25) is 0 Å². The molecule has 0 aliphatic heterocycles. The smallest absolute Gasteiger partial charge is 0.138 e. The van der Waals surface area contributed by atoms with Crippen LogP contribution in [0.15, 0.2) is 6.20 Å². The van der Waals surface area contributed by atoms with E-state index in [9.17, 15) is 0 Å². The van der Waals surface area contributed by atoms with Crippen LogP contribution >= 0.6 is 0 Å². The van der Waals surface area contributed by atoms with Gasteiger partial charge in [0.1, 0.15) is 11.4 Å². The first kappa shape index (κ1) is 14.5. The van der Waals surface area contributed by atoms with Crippen molar-refractivity contribution in [2.24, 2.45) is 0 Å². The number of nitrogens with one attached hydrogen (secondary N) is 2. The number of imidazole rings is 1. The molecule has 1 aliphatic rings. The predicted octanol–water partition coefficient (Wildman–Crippen LogP) is 3.11. The van der Waals surface area contributed by atoms with E-state index in [1.54, 1.807) is 0 Å². The molecule has 19 heavy (non-hydrogen) atoms. The lowest BCUT2D eigenvalue weighted by Gasteiger charge is -2.29. The minimum Gasteiger partial charge on any atom is -0.370 e. The molecule has 1 fully saturated rings. The van der Waals surface area contributed by atoms with Crippen molar-refractivity contribution in [3.8, 4) is 0 Å². The number of methoxy groups -OCH3 is 1. The van der Waals surface area contributed by atoms with Crippen molar-refractivity contribution in [2.45, 2.75) is 64.0 Å². The molecule has 0 radical (unpaired) electrons. The van der Waals surface area contributed by atoms with Gasteiger partial charge in [-0.25, -0.2) is 4.98 Å². The summed E-state index contributed by atoms with van der Waals surface area (Å²) in [7, 11) is 1.82. The van der Waals surface area contributed by atoms with E-state index in [4.69, 9.17) is 4.74 Å². The van der Waals surface area contributed by atoms with Crippen LogP contribution in [0.2, 0.25) is 0 Å². The van der Waals surface area contributed by atoms with E-state index in [2.05, 4.69) is 22.2 Å². The molecule has 1 heterocycles. The van der Waals surface area contributed by atoms with E-state index in [0.717, 1.165) is 43.9 Å². The molecule has 0 aromatic carbocycles. The monoisotopic (exact) mass is 265 g/mol. The molecule has 1 aromatic heterocycles. The quantitative estimate of drug-likeness (QED) is 0.614. The molecule has 0 unspecified atom stereocenters. The number of aromatic nitrogens is 2. The van der Waals surface area contributed by atoms with Crippen molar-refractivity contribution in [3.05, 3.63) is 17.7 Å². The summed E-state index contributed by atoms with van der Waals surface area (Å²) in [6, 6.07) is 0. The summed E-state index contributed by atoms with van der Waals surface area (Å²) in [6.45, 7) is 4.08. The van der Waals surface area contributed by atoms with Crippen LogP contribution in [0, 0.1) is 0 Å². The fourth-order valence-corrected chi connectivity index (χ4v) is 2.92. The van der Waals surface area contributed by atoms with Gasteiger partial charge in [0, 0.05) is 25.5 Å². The van der Waals surface area contributed by atoms with Gasteiger partial charge in [-0.15, -0.1) is 0 Å². The van der Waals surface area contributed by atoms with Crippen LogP contribution in [0.4, 0.5) is 0 Å². The fraction of sp³-hybridized carbons (Fsp3) is 0.800. The Balaban J connectivity index is 2.05. The molecule has 1 saturated carbocycles. The second kappa shape index (κ2) is 7.06. The van der Waals surface area contributed by atoms with E-state index >= 15 is 0 Å². The van der Waals surface area contributed by atoms with Crippen LogP contribution in [0.3, 0.4) is 0 Å². The highest BCUT2D eigenvalue weighted by molar-refractivity contribution is 5.09. The summed E-state index contributed by atoms with van der Waals surface area (Å²) in [5.74, 6) is 1.02. The minimum atomic E-state index is -0.181. The highest BCUT2D eigenvalue weighted by Crippen LogP contribution is 2.37. The summed E-state index contributed by atoms with van der Waals surface area (Å²) in [5, 5.41) is 3.40. The van der Waals surface area contributed by atoms with E-state index < -0.39 is 0 Å². The average molecular weight is 265 g/mol. The van der Waals surface area contributed by atoms with Crippen molar-refractivity contribution in [3.63, 3.8) is 0 Å². The number of nitrogens with zero attached hydrogens (tertiary/aromatic N) is 1. The van der Waals surface area contributed by atoms with Gasteiger partial charge in [0.25, 0.3) is 0 Å². The Kier molecular flexibility index (Phi) is 5.40. The second-order valence-electron chi connectivity index (χ2n) is 5.55. The van der Waals surface area contributed by atoms with Gasteiger partial charge < -0.3 is 15.0 Å². The molecule has 108 valence electrons. The predicted molar refractivity (Wildman–Crippen MR) is 77.0 cm³/mol. The molecular formula is C15H27N3O. The van der Waals surface area contributed by atoms with Crippen molar-refractivity contribution < 1.29 is 4.74 Å². The SMILES string of the molecule is CCCNCc1cnc(C2(OC)CCCCCC2)[nH]1. The topological polar surface area (TPSA) is 49.9 Å². The first-order valence-electron chi connectivity index (χ1n) is 7.61. The highest BCUT2D eigenvalue weighted by atomic mass is 16.5. The third kappa shape index (κ3) is 3.57. The number of hydrogen-bond acceptors (Lipinski definition) is 3. The van der Waals surface area contributed by atoms with Gasteiger partial charge in [-0.1, -0.05) is 32.6 Å². The number of aromatic amines is 1. The van der Waals surface area contributed by atoms with E-state index in [-0.39, 0.29) is 5.60 Å². The normalized spacial score (nSPS) is 19.3. The third-order valence-corrected chi connectivity index (χ3v) is 4.10. The number of H-pyrrole nitrogens is 1. The van der Waals surface area contributed by atoms with Crippen LogP contribution in [-0.4, -0.2) is 23.6 Å². The van der Waals surface area contributed by atoms with Crippen LogP contribution in [-0.2, 0) is 16.9 Å². The summed E-state index contributed by atoms with van der Waals surface area (Å²) in [4.78, 5) is 8.05. The minimum absolute atomic E-state index is 0.181. The zero-order valence-electron chi connectivity index (χ0n) is 12.3. The maximum atomic E-state index is 5.87. The van der Waals surface area contributed by atoms with Crippen molar-refractivity contribution >= 4 is 0 Å². The zero-order chi connectivity index (χ0) is 13.6. The lowest BCUT2D eigenvalue weighted by atomic mass is 9.93. The Bertz CT molecular complexity index is 367. The van der Waals surface area contributed by atoms with Gasteiger partial charge in [0.15, 0.2) is 0 Å². The Morgan fingerprint density at radius 3 is 2.68 bits per heavy atom. The molecule has 2 rings (SSSR count). The van der Waals surface area contributed by atoms with E-state index in [0.29, 0.717) is 0 Å². The molecule has 1 aliphatic carbocycles. The summed E-state index contributed by atoms with van der Waals surface area (Å²) < 4.78 is 5.87. The number of ether oxygens (including phenoxy) is 1. The molecule has 0 saturated heterocycles. The lowest BCUT2D eigenvalue weighted by Crippen LogP contribution is -2.29. The van der Waals surface area contributed by atoms with Gasteiger partial charge in [-0.2, -0.15) is 0 Å². The Labute approximate surface area is 116 Å². The van der Waals surface area contributed by atoms with Crippen LogP contribution in [0.25, 0.3) is 0 Å². The molecule has 4 nitrogen and oxygen atoms in total. The van der Waals surface area contributed by atoms with Crippen molar-refractivity contribution in [1.82, 2.24) is 15.3 Å².